The molecule has 0 amide bonds. The van der Waals surface area contributed by atoms with Crippen LogP contribution in [0.15, 0.2) is 45.6 Å². The molecule has 1 aliphatic rings. The van der Waals surface area contributed by atoms with Crippen LogP contribution in [-0.4, -0.2) is 63.1 Å². The summed E-state index contributed by atoms with van der Waals surface area (Å²) in [6.45, 7) is 3.73. The predicted octanol–water partition coefficient (Wildman–Crippen LogP) is 1.92. The van der Waals surface area contributed by atoms with Crippen molar-refractivity contribution in [2.75, 3.05) is 0 Å². The molecular weight excluding hydrogens is 492 g/mol. The Morgan fingerprint density at radius 1 is 0.919 bits per heavy atom. The third-order valence-electron chi connectivity index (χ3n) is 5.64. The highest BCUT2D eigenvalue weighted by Gasteiger charge is 2.49. The molecule has 0 radical (unpaired) electrons. The molecule has 5 atom stereocenters. The average Bonchev–Trinajstić information content (AvgIpc) is 2.80. The number of hydrogen-bond donors (Lipinski definition) is 4. The molecule has 4 rings (SSSR count). The lowest BCUT2D eigenvalue weighted by molar-refractivity contribution is -0.276. The first-order valence-electron chi connectivity index (χ1n) is 11.1. The number of aromatic hydroxyl groups is 3. The first-order valence-corrected chi connectivity index (χ1v) is 11.1. The Balaban J connectivity index is 1.83. The molecule has 12 nitrogen and oxygen atoms in total. The SMILES string of the molecule is CC(=O)O[C@@H]1[C@@H](OC(C)=O)[C@@H](O)[C@@H](Oc2c(-c3ccc(O)cc3)oc3cc(O)cc(O)c3c2=O)O[C@H]1C. The topological polar surface area (TPSA) is 182 Å². The number of benzene rings is 2. The maximum atomic E-state index is 13.5. The lowest BCUT2D eigenvalue weighted by Crippen LogP contribution is -2.61. The van der Waals surface area contributed by atoms with E-state index in [9.17, 15) is 34.8 Å². The minimum absolute atomic E-state index is 0.0646. The number of rotatable bonds is 5. The fourth-order valence-electron chi connectivity index (χ4n) is 4.06. The number of hydrogen-bond acceptors (Lipinski definition) is 12. The van der Waals surface area contributed by atoms with E-state index in [1.807, 2.05) is 0 Å². The summed E-state index contributed by atoms with van der Waals surface area (Å²) in [7, 11) is 0. The van der Waals surface area contributed by atoms with E-state index in [0.717, 1.165) is 26.0 Å². The Bertz CT molecular complexity index is 1390. The summed E-state index contributed by atoms with van der Waals surface area (Å²) in [6.07, 6.45) is -6.85. The number of ether oxygens (including phenoxy) is 4. The second-order valence-corrected chi connectivity index (χ2v) is 8.44. The molecule has 2 aromatic carbocycles. The molecule has 12 heteroatoms. The number of phenolic OH excluding ortho intramolecular Hbond substituents is 3. The number of carbonyl (C=O) groups excluding carboxylic acids is 2. The fraction of sp³-hybridized carbons (Fsp3) is 0.320. The second-order valence-electron chi connectivity index (χ2n) is 8.44. The van der Waals surface area contributed by atoms with E-state index in [4.69, 9.17) is 23.4 Å². The van der Waals surface area contributed by atoms with Gasteiger partial charge >= 0.3 is 11.9 Å². The smallest absolute Gasteiger partial charge is 0.303 e. The van der Waals surface area contributed by atoms with E-state index in [2.05, 4.69) is 0 Å². The quantitative estimate of drug-likeness (QED) is 0.362. The van der Waals surface area contributed by atoms with Crippen LogP contribution in [0.4, 0.5) is 0 Å². The summed E-state index contributed by atoms with van der Waals surface area (Å²) in [5.41, 5.74) is -0.761. The maximum absolute atomic E-state index is 13.5. The summed E-state index contributed by atoms with van der Waals surface area (Å²) >= 11 is 0. The van der Waals surface area contributed by atoms with Crippen LogP contribution in [0.1, 0.15) is 20.8 Å². The van der Waals surface area contributed by atoms with Crippen LogP contribution in [0.2, 0.25) is 0 Å². The standard InChI is InChI=1S/C25H24O12/c1-10-21(34-11(2)26)24(35-12(3)27)20(32)25(33-10)37-23-19(31)18-16(30)8-15(29)9-17(18)36-22(23)13-4-6-14(28)7-5-13/h4-10,20-21,24-25,28-30,32H,1-3H3/t10-,20+,21-,24-,25+/m0/s1. The van der Waals surface area contributed by atoms with Gasteiger partial charge in [0.15, 0.2) is 24.1 Å². The minimum Gasteiger partial charge on any atom is -0.508 e. The number of fused-ring (bicyclic) bond motifs is 1. The molecule has 3 aromatic rings. The van der Waals surface area contributed by atoms with Crippen LogP contribution in [0.3, 0.4) is 0 Å². The van der Waals surface area contributed by atoms with Crippen LogP contribution in [0.25, 0.3) is 22.3 Å². The lowest BCUT2D eigenvalue weighted by atomic mass is 9.99. The van der Waals surface area contributed by atoms with Gasteiger partial charge in [0.05, 0.1) is 6.10 Å². The van der Waals surface area contributed by atoms with Crippen molar-refractivity contribution in [2.45, 2.75) is 51.5 Å². The molecule has 2 heterocycles. The minimum atomic E-state index is -1.72. The molecule has 0 saturated carbocycles. The van der Waals surface area contributed by atoms with Crippen LogP contribution < -0.4 is 10.2 Å². The zero-order chi connectivity index (χ0) is 27.0. The molecule has 1 aliphatic heterocycles. The molecule has 37 heavy (non-hydrogen) atoms. The number of esters is 2. The van der Waals surface area contributed by atoms with Gasteiger partial charge in [0.1, 0.15) is 28.2 Å². The first kappa shape index (κ1) is 25.8. The van der Waals surface area contributed by atoms with Crippen molar-refractivity contribution in [3.8, 4) is 34.3 Å². The van der Waals surface area contributed by atoms with E-state index in [1.165, 1.54) is 31.2 Å². The van der Waals surface area contributed by atoms with E-state index < -0.39 is 59.6 Å². The number of aliphatic hydroxyl groups is 1. The molecule has 196 valence electrons. The fourth-order valence-corrected chi connectivity index (χ4v) is 4.06. The monoisotopic (exact) mass is 516 g/mol. The van der Waals surface area contributed by atoms with Gasteiger partial charge in [-0.3, -0.25) is 14.4 Å². The molecule has 0 spiro atoms. The van der Waals surface area contributed by atoms with Gasteiger partial charge in [0.25, 0.3) is 0 Å². The summed E-state index contributed by atoms with van der Waals surface area (Å²) in [4.78, 5) is 36.8. The third kappa shape index (κ3) is 5.15. The molecule has 1 saturated heterocycles. The number of aliphatic hydroxyl groups excluding tert-OH is 1. The van der Waals surface area contributed by atoms with Crippen molar-refractivity contribution in [1.29, 1.82) is 0 Å². The summed E-state index contributed by atoms with van der Waals surface area (Å²) in [6, 6.07) is 7.58. The van der Waals surface area contributed by atoms with Crippen molar-refractivity contribution in [1.82, 2.24) is 0 Å². The molecule has 1 aromatic heterocycles. The third-order valence-corrected chi connectivity index (χ3v) is 5.64. The summed E-state index contributed by atoms with van der Waals surface area (Å²) < 4.78 is 27.7. The van der Waals surface area contributed by atoms with E-state index in [1.54, 1.807) is 0 Å². The van der Waals surface area contributed by atoms with Crippen LogP contribution in [0, 0.1) is 0 Å². The van der Waals surface area contributed by atoms with Crippen molar-refractivity contribution in [3.63, 3.8) is 0 Å². The van der Waals surface area contributed by atoms with Crippen LogP contribution in [-0.2, 0) is 23.8 Å². The van der Waals surface area contributed by atoms with Crippen LogP contribution in [0.5, 0.6) is 23.0 Å². The van der Waals surface area contributed by atoms with Gasteiger partial charge in [-0.25, -0.2) is 0 Å². The Labute approximate surface area is 209 Å². The van der Waals surface area contributed by atoms with E-state index in [-0.39, 0.29) is 33.8 Å². The Hall–Kier alpha value is -4.29. The van der Waals surface area contributed by atoms with E-state index >= 15 is 0 Å². The molecule has 1 fully saturated rings. The van der Waals surface area contributed by atoms with Crippen molar-refractivity contribution >= 4 is 22.9 Å². The van der Waals surface area contributed by atoms with Crippen LogP contribution >= 0.6 is 0 Å². The molecule has 0 aliphatic carbocycles. The van der Waals surface area contributed by atoms with Gasteiger partial charge < -0.3 is 43.8 Å². The predicted molar refractivity (Wildman–Crippen MR) is 125 cm³/mol. The molecular formula is C25H24O12. The largest absolute Gasteiger partial charge is 0.508 e. The molecule has 0 bridgehead atoms. The van der Waals surface area contributed by atoms with Gasteiger partial charge in [-0.2, -0.15) is 0 Å². The molecule has 4 N–H and O–H groups in total. The summed E-state index contributed by atoms with van der Waals surface area (Å²) in [5.74, 6) is -3.14. The number of carbonyl (C=O) groups is 2. The second kappa shape index (κ2) is 9.99. The van der Waals surface area contributed by atoms with Crippen molar-refractivity contribution < 1.29 is 53.4 Å². The van der Waals surface area contributed by atoms with Gasteiger partial charge in [-0.15, -0.1) is 0 Å². The van der Waals surface area contributed by atoms with Gasteiger partial charge in [-0.1, -0.05) is 0 Å². The highest BCUT2D eigenvalue weighted by Crippen LogP contribution is 2.37. The Kier molecular flexibility index (Phi) is 6.96. The van der Waals surface area contributed by atoms with E-state index in [0.29, 0.717) is 0 Å². The maximum Gasteiger partial charge on any atom is 0.303 e. The highest BCUT2D eigenvalue weighted by atomic mass is 16.7. The Morgan fingerprint density at radius 2 is 1.54 bits per heavy atom. The summed E-state index contributed by atoms with van der Waals surface area (Å²) in [5, 5.41) is 40.5. The lowest BCUT2D eigenvalue weighted by Gasteiger charge is -2.41. The average molecular weight is 516 g/mol. The van der Waals surface area contributed by atoms with Crippen molar-refractivity contribution in [2.24, 2.45) is 0 Å². The Morgan fingerprint density at radius 3 is 2.16 bits per heavy atom. The van der Waals surface area contributed by atoms with Crippen molar-refractivity contribution in [3.05, 3.63) is 46.6 Å². The van der Waals surface area contributed by atoms with Gasteiger partial charge in [-0.05, 0) is 31.2 Å². The van der Waals surface area contributed by atoms with Gasteiger partial charge in [0, 0.05) is 31.5 Å². The van der Waals surface area contributed by atoms with Gasteiger partial charge in [0.2, 0.25) is 17.5 Å². The zero-order valence-electron chi connectivity index (χ0n) is 19.9. The highest BCUT2D eigenvalue weighted by molar-refractivity contribution is 5.88. The normalized spacial score (nSPS) is 23.4. The molecule has 0 unspecified atom stereocenters. The zero-order valence-corrected chi connectivity index (χ0v) is 19.9. The number of phenols is 3. The first-order chi connectivity index (χ1) is 17.5.